The molecule has 1 unspecified atom stereocenters. The van der Waals surface area contributed by atoms with Crippen molar-refractivity contribution in [3.63, 3.8) is 0 Å². The number of methoxy groups -OCH3 is 1. The molecule has 0 spiro atoms. The normalized spacial score (nSPS) is 11.5. The molecule has 0 radical (unpaired) electrons. The number of benzene rings is 2. The lowest BCUT2D eigenvalue weighted by molar-refractivity contribution is 0.236. The van der Waals surface area contributed by atoms with Gasteiger partial charge in [0, 0.05) is 6.54 Å². The van der Waals surface area contributed by atoms with Crippen molar-refractivity contribution in [1.82, 2.24) is 10.6 Å². The van der Waals surface area contributed by atoms with Gasteiger partial charge in [0.05, 0.1) is 13.2 Å². The number of urea groups is 1. The van der Waals surface area contributed by atoms with Crippen molar-refractivity contribution in [3.8, 4) is 5.75 Å². The van der Waals surface area contributed by atoms with Gasteiger partial charge in [0.25, 0.3) is 0 Å². The minimum atomic E-state index is -0.161. The zero-order chi connectivity index (χ0) is 15.8. The first-order valence-corrected chi connectivity index (χ1v) is 7.45. The summed E-state index contributed by atoms with van der Waals surface area (Å²) in [6.07, 6.45) is 0.824. The van der Waals surface area contributed by atoms with E-state index in [0.717, 1.165) is 23.3 Å². The molecule has 0 aliphatic rings. The van der Waals surface area contributed by atoms with Gasteiger partial charge in [-0.2, -0.15) is 0 Å². The van der Waals surface area contributed by atoms with Crippen LogP contribution in [0, 0.1) is 0 Å². The Labute approximate surface area is 131 Å². The summed E-state index contributed by atoms with van der Waals surface area (Å²) < 4.78 is 5.15. The van der Waals surface area contributed by atoms with E-state index in [1.165, 1.54) is 0 Å². The highest BCUT2D eigenvalue weighted by Crippen LogP contribution is 2.19. The Bertz CT molecular complexity index is 582. The summed E-state index contributed by atoms with van der Waals surface area (Å²) in [6, 6.07) is 17.4. The minimum absolute atomic E-state index is 0.0123. The predicted octanol–water partition coefficient (Wildman–Crippen LogP) is 3.65. The summed E-state index contributed by atoms with van der Waals surface area (Å²) >= 11 is 0. The standard InChI is InChI=1S/C18H22N2O2/c1-3-17(15-9-11-16(22-2)12-10-15)20-18(21)19-13-14-7-5-4-6-8-14/h4-12,17H,3,13H2,1-2H3,(H2,19,20,21). The molecule has 2 rings (SSSR count). The van der Waals surface area contributed by atoms with E-state index in [-0.39, 0.29) is 12.1 Å². The average Bonchev–Trinajstić information content (AvgIpc) is 2.59. The first kappa shape index (κ1) is 15.9. The Balaban J connectivity index is 1.90. The van der Waals surface area contributed by atoms with Crippen LogP contribution in [0.3, 0.4) is 0 Å². The van der Waals surface area contributed by atoms with Crippen molar-refractivity contribution in [2.75, 3.05) is 7.11 Å². The average molecular weight is 298 g/mol. The maximum atomic E-state index is 12.0. The number of hydrogen-bond donors (Lipinski definition) is 2. The zero-order valence-corrected chi connectivity index (χ0v) is 13.0. The number of carbonyl (C=O) groups is 1. The lowest BCUT2D eigenvalue weighted by Crippen LogP contribution is -2.37. The maximum absolute atomic E-state index is 12.0. The van der Waals surface area contributed by atoms with Crippen LogP contribution < -0.4 is 15.4 Å². The number of rotatable bonds is 6. The Morgan fingerprint density at radius 1 is 1.09 bits per heavy atom. The molecular weight excluding hydrogens is 276 g/mol. The van der Waals surface area contributed by atoms with Gasteiger partial charge in [0.2, 0.25) is 0 Å². The van der Waals surface area contributed by atoms with E-state index in [1.54, 1.807) is 7.11 Å². The summed E-state index contributed by atoms with van der Waals surface area (Å²) in [5.41, 5.74) is 2.15. The second kappa shape index (κ2) is 8.08. The van der Waals surface area contributed by atoms with Crippen molar-refractivity contribution in [2.45, 2.75) is 25.9 Å². The Hall–Kier alpha value is -2.49. The topological polar surface area (TPSA) is 50.4 Å². The van der Waals surface area contributed by atoms with E-state index in [1.807, 2.05) is 61.5 Å². The largest absolute Gasteiger partial charge is 0.497 e. The fourth-order valence-electron chi connectivity index (χ4n) is 2.24. The van der Waals surface area contributed by atoms with E-state index in [4.69, 9.17) is 4.74 Å². The van der Waals surface area contributed by atoms with Gasteiger partial charge in [-0.15, -0.1) is 0 Å². The SMILES string of the molecule is CCC(NC(=O)NCc1ccccc1)c1ccc(OC)cc1. The van der Waals surface area contributed by atoms with E-state index < -0.39 is 0 Å². The Morgan fingerprint density at radius 3 is 2.36 bits per heavy atom. The predicted molar refractivity (Wildman–Crippen MR) is 87.8 cm³/mol. The van der Waals surface area contributed by atoms with Crippen LogP contribution >= 0.6 is 0 Å². The summed E-state index contributed by atoms with van der Waals surface area (Å²) in [6.45, 7) is 2.57. The van der Waals surface area contributed by atoms with Crippen LogP contribution in [0.15, 0.2) is 54.6 Å². The second-order valence-corrected chi connectivity index (χ2v) is 5.05. The third-order valence-corrected chi connectivity index (χ3v) is 3.53. The molecule has 1 atom stereocenters. The van der Waals surface area contributed by atoms with E-state index >= 15 is 0 Å². The summed E-state index contributed by atoms with van der Waals surface area (Å²) in [4.78, 5) is 12.0. The molecular formula is C18H22N2O2. The van der Waals surface area contributed by atoms with Gasteiger partial charge >= 0.3 is 6.03 Å². The molecule has 0 saturated carbocycles. The number of carbonyl (C=O) groups excluding carboxylic acids is 1. The van der Waals surface area contributed by atoms with E-state index in [9.17, 15) is 4.79 Å². The molecule has 2 aromatic rings. The van der Waals surface area contributed by atoms with Crippen LogP contribution in [0.5, 0.6) is 5.75 Å². The first-order valence-electron chi connectivity index (χ1n) is 7.45. The highest BCUT2D eigenvalue weighted by atomic mass is 16.5. The molecule has 0 aliphatic carbocycles. The molecule has 116 valence electrons. The molecule has 0 fully saturated rings. The third kappa shape index (κ3) is 4.52. The quantitative estimate of drug-likeness (QED) is 0.855. The fraction of sp³-hybridized carbons (Fsp3) is 0.278. The molecule has 0 aromatic heterocycles. The van der Waals surface area contributed by atoms with Gasteiger partial charge < -0.3 is 15.4 Å². The van der Waals surface area contributed by atoms with E-state index in [2.05, 4.69) is 10.6 Å². The monoisotopic (exact) mass is 298 g/mol. The lowest BCUT2D eigenvalue weighted by Gasteiger charge is -2.18. The van der Waals surface area contributed by atoms with Gasteiger partial charge in [0.1, 0.15) is 5.75 Å². The van der Waals surface area contributed by atoms with Crippen LogP contribution in [0.1, 0.15) is 30.5 Å². The molecule has 2 amide bonds. The lowest BCUT2D eigenvalue weighted by atomic mass is 10.0. The van der Waals surface area contributed by atoms with Crippen LogP contribution in [0.4, 0.5) is 4.79 Å². The van der Waals surface area contributed by atoms with Crippen LogP contribution in [0.25, 0.3) is 0 Å². The molecule has 4 nitrogen and oxygen atoms in total. The van der Waals surface area contributed by atoms with Crippen LogP contribution in [-0.2, 0) is 6.54 Å². The zero-order valence-electron chi connectivity index (χ0n) is 13.0. The molecule has 0 heterocycles. The third-order valence-electron chi connectivity index (χ3n) is 3.53. The Kier molecular flexibility index (Phi) is 5.83. The molecule has 0 bridgehead atoms. The van der Waals surface area contributed by atoms with Gasteiger partial charge in [-0.3, -0.25) is 0 Å². The molecule has 22 heavy (non-hydrogen) atoms. The van der Waals surface area contributed by atoms with Crippen LogP contribution in [0.2, 0.25) is 0 Å². The summed E-state index contributed by atoms with van der Waals surface area (Å²) in [5.74, 6) is 0.812. The van der Waals surface area contributed by atoms with Crippen molar-refractivity contribution in [1.29, 1.82) is 0 Å². The van der Waals surface area contributed by atoms with Crippen LogP contribution in [-0.4, -0.2) is 13.1 Å². The van der Waals surface area contributed by atoms with Crippen molar-refractivity contribution >= 4 is 6.03 Å². The Morgan fingerprint density at radius 2 is 1.77 bits per heavy atom. The van der Waals surface area contributed by atoms with Gasteiger partial charge in [-0.05, 0) is 29.7 Å². The number of ether oxygens (including phenoxy) is 1. The summed E-state index contributed by atoms with van der Waals surface area (Å²) in [5, 5.41) is 5.88. The molecule has 0 saturated heterocycles. The molecule has 4 heteroatoms. The second-order valence-electron chi connectivity index (χ2n) is 5.05. The van der Waals surface area contributed by atoms with E-state index in [0.29, 0.717) is 6.54 Å². The molecule has 2 aromatic carbocycles. The fourth-order valence-corrected chi connectivity index (χ4v) is 2.24. The van der Waals surface area contributed by atoms with Gasteiger partial charge in [-0.1, -0.05) is 49.4 Å². The van der Waals surface area contributed by atoms with Crippen molar-refractivity contribution < 1.29 is 9.53 Å². The number of nitrogens with one attached hydrogen (secondary N) is 2. The minimum Gasteiger partial charge on any atom is -0.497 e. The highest BCUT2D eigenvalue weighted by molar-refractivity contribution is 5.74. The van der Waals surface area contributed by atoms with Crippen molar-refractivity contribution in [3.05, 3.63) is 65.7 Å². The number of amides is 2. The smallest absolute Gasteiger partial charge is 0.315 e. The number of hydrogen-bond acceptors (Lipinski definition) is 2. The molecule has 0 aliphatic heterocycles. The highest BCUT2D eigenvalue weighted by Gasteiger charge is 2.12. The molecule has 2 N–H and O–H groups in total. The van der Waals surface area contributed by atoms with Crippen molar-refractivity contribution in [2.24, 2.45) is 0 Å². The first-order chi connectivity index (χ1) is 10.7. The van der Waals surface area contributed by atoms with Gasteiger partial charge in [-0.25, -0.2) is 4.79 Å². The maximum Gasteiger partial charge on any atom is 0.315 e. The summed E-state index contributed by atoms with van der Waals surface area (Å²) in [7, 11) is 1.64. The van der Waals surface area contributed by atoms with Gasteiger partial charge in [0.15, 0.2) is 0 Å².